The lowest BCUT2D eigenvalue weighted by Gasteiger charge is -2.35. The summed E-state index contributed by atoms with van der Waals surface area (Å²) in [6.45, 7) is 3.82. The fourth-order valence-corrected chi connectivity index (χ4v) is 3.29. The van der Waals surface area contributed by atoms with Gasteiger partial charge in [-0.05, 0) is 38.0 Å². The third-order valence-electron chi connectivity index (χ3n) is 4.70. The molecule has 2 aliphatic rings. The summed E-state index contributed by atoms with van der Waals surface area (Å²) in [5.41, 5.74) is 0. The lowest BCUT2D eigenvalue weighted by molar-refractivity contribution is 0.0699. The highest BCUT2D eigenvalue weighted by Crippen LogP contribution is 2.24. The number of hydrogen-bond donors (Lipinski definition) is 2. The van der Waals surface area contributed by atoms with Crippen LogP contribution in [0.5, 0.6) is 0 Å². The summed E-state index contributed by atoms with van der Waals surface area (Å²) in [5.74, 6) is 2.45. The summed E-state index contributed by atoms with van der Waals surface area (Å²) in [7, 11) is 0. The number of rotatable bonds is 5. The van der Waals surface area contributed by atoms with E-state index in [0.29, 0.717) is 5.92 Å². The van der Waals surface area contributed by atoms with Gasteiger partial charge in [-0.1, -0.05) is 0 Å². The first-order chi connectivity index (χ1) is 10.9. The normalized spacial score (nSPS) is 23.5. The topological polar surface area (TPSA) is 70.5 Å². The van der Waals surface area contributed by atoms with E-state index in [1.54, 1.807) is 6.33 Å². The molecule has 6 heteroatoms. The Morgan fingerprint density at radius 3 is 2.91 bits per heavy atom. The molecule has 0 saturated carbocycles. The van der Waals surface area contributed by atoms with Gasteiger partial charge >= 0.3 is 0 Å². The minimum atomic E-state index is 0.187. The van der Waals surface area contributed by atoms with Crippen LogP contribution in [0.2, 0.25) is 0 Å². The van der Waals surface area contributed by atoms with Crippen molar-refractivity contribution in [3.05, 3.63) is 12.4 Å². The molecule has 1 aromatic heterocycles. The highest BCUT2D eigenvalue weighted by Gasteiger charge is 2.23. The van der Waals surface area contributed by atoms with Gasteiger partial charge in [-0.25, -0.2) is 9.97 Å². The Bertz CT molecular complexity index is 465. The second-order valence-corrected chi connectivity index (χ2v) is 6.22. The molecule has 6 nitrogen and oxygen atoms in total. The molecule has 2 fully saturated rings. The molecule has 1 unspecified atom stereocenters. The van der Waals surface area contributed by atoms with Gasteiger partial charge in [0.25, 0.3) is 0 Å². The lowest BCUT2D eigenvalue weighted by Crippen LogP contribution is -2.42. The molecule has 0 radical (unpaired) electrons. The fraction of sp³-hybridized carbons (Fsp3) is 0.750. The van der Waals surface area contributed by atoms with Crippen molar-refractivity contribution in [2.75, 3.05) is 43.1 Å². The average molecular weight is 306 g/mol. The predicted octanol–water partition coefficient (Wildman–Crippen LogP) is 1.67. The van der Waals surface area contributed by atoms with Crippen LogP contribution >= 0.6 is 0 Å². The van der Waals surface area contributed by atoms with Crippen LogP contribution in [-0.2, 0) is 4.74 Å². The summed E-state index contributed by atoms with van der Waals surface area (Å²) in [6, 6.07) is 2.19. The summed E-state index contributed by atoms with van der Waals surface area (Å²) in [6.07, 6.45) is 7.22. The Balaban J connectivity index is 1.61. The third kappa shape index (κ3) is 3.87. The second-order valence-electron chi connectivity index (χ2n) is 6.22. The Morgan fingerprint density at radius 1 is 1.23 bits per heavy atom. The average Bonchev–Trinajstić information content (AvgIpc) is 2.61. The van der Waals surface area contributed by atoms with E-state index in [0.717, 1.165) is 63.6 Å². The van der Waals surface area contributed by atoms with Crippen molar-refractivity contribution in [2.24, 2.45) is 5.92 Å². The van der Waals surface area contributed by atoms with Crippen molar-refractivity contribution in [1.29, 1.82) is 0 Å². The molecule has 0 aliphatic carbocycles. The van der Waals surface area contributed by atoms with Gasteiger partial charge in [0.2, 0.25) is 0 Å². The molecule has 0 spiro atoms. The van der Waals surface area contributed by atoms with Crippen LogP contribution in [0.1, 0.15) is 32.1 Å². The minimum Gasteiger partial charge on any atom is -0.394 e. The highest BCUT2D eigenvalue weighted by molar-refractivity contribution is 5.49. The van der Waals surface area contributed by atoms with Gasteiger partial charge in [0.1, 0.15) is 18.0 Å². The number of anilines is 2. The van der Waals surface area contributed by atoms with E-state index in [1.807, 2.05) is 6.07 Å². The number of ether oxygens (including phenoxy) is 1. The van der Waals surface area contributed by atoms with Gasteiger partial charge in [0.15, 0.2) is 0 Å². The molecule has 3 heterocycles. The third-order valence-corrected chi connectivity index (χ3v) is 4.70. The van der Waals surface area contributed by atoms with Crippen LogP contribution in [0, 0.1) is 5.92 Å². The van der Waals surface area contributed by atoms with Crippen molar-refractivity contribution in [1.82, 2.24) is 9.97 Å². The number of nitrogens with zero attached hydrogens (tertiary/aromatic N) is 3. The standard InChI is InChI=1S/C16H26N4O2/c21-11-14-3-1-2-6-20(14)16-9-15(18-12-19-16)17-10-13-4-7-22-8-5-13/h9,12-14,21H,1-8,10-11H2,(H,17,18,19). The quantitative estimate of drug-likeness (QED) is 0.862. The van der Waals surface area contributed by atoms with Gasteiger partial charge in [0, 0.05) is 32.4 Å². The smallest absolute Gasteiger partial charge is 0.134 e. The Morgan fingerprint density at radius 2 is 2.09 bits per heavy atom. The van der Waals surface area contributed by atoms with Gasteiger partial charge in [-0.3, -0.25) is 0 Å². The maximum Gasteiger partial charge on any atom is 0.134 e. The number of piperidine rings is 1. The Kier molecular flexibility index (Phi) is 5.45. The first-order valence-corrected chi connectivity index (χ1v) is 8.38. The van der Waals surface area contributed by atoms with Gasteiger partial charge in [0.05, 0.1) is 12.6 Å². The van der Waals surface area contributed by atoms with E-state index in [-0.39, 0.29) is 12.6 Å². The van der Waals surface area contributed by atoms with Crippen LogP contribution < -0.4 is 10.2 Å². The van der Waals surface area contributed by atoms with Crippen LogP contribution in [-0.4, -0.2) is 54.0 Å². The van der Waals surface area contributed by atoms with Gasteiger partial charge < -0.3 is 20.1 Å². The summed E-state index contributed by atoms with van der Waals surface area (Å²) < 4.78 is 5.39. The maximum atomic E-state index is 9.55. The monoisotopic (exact) mass is 306 g/mol. The van der Waals surface area contributed by atoms with E-state index in [2.05, 4.69) is 20.2 Å². The van der Waals surface area contributed by atoms with Crippen molar-refractivity contribution < 1.29 is 9.84 Å². The van der Waals surface area contributed by atoms with Crippen molar-refractivity contribution in [3.63, 3.8) is 0 Å². The second kappa shape index (κ2) is 7.74. The molecule has 2 N–H and O–H groups in total. The molecular weight excluding hydrogens is 280 g/mol. The van der Waals surface area contributed by atoms with E-state index in [9.17, 15) is 5.11 Å². The molecule has 0 bridgehead atoms. The van der Waals surface area contributed by atoms with E-state index >= 15 is 0 Å². The van der Waals surface area contributed by atoms with Gasteiger partial charge in [-0.2, -0.15) is 0 Å². The zero-order valence-corrected chi connectivity index (χ0v) is 13.1. The number of aliphatic hydroxyl groups is 1. The molecule has 22 heavy (non-hydrogen) atoms. The number of nitrogens with one attached hydrogen (secondary N) is 1. The molecule has 3 rings (SSSR count). The molecule has 2 aliphatic heterocycles. The van der Waals surface area contributed by atoms with Crippen LogP contribution in [0.4, 0.5) is 11.6 Å². The van der Waals surface area contributed by atoms with Crippen molar-refractivity contribution >= 4 is 11.6 Å². The summed E-state index contributed by atoms with van der Waals surface area (Å²) in [4.78, 5) is 10.9. The zero-order valence-electron chi connectivity index (χ0n) is 13.1. The molecule has 1 atom stereocenters. The molecule has 2 saturated heterocycles. The van der Waals surface area contributed by atoms with Crippen LogP contribution in [0.3, 0.4) is 0 Å². The van der Waals surface area contributed by atoms with E-state index in [1.165, 1.54) is 6.42 Å². The highest BCUT2D eigenvalue weighted by atomic mass is 16.5. The maximum absolute atomic E-state index is 9.55. The van der Waals surface area contributed by atoms with Crippen LogP contribution in [0.15, 0.2) is 12.4 Å². The molecule has 0 aromatic carbocycles. The minimum absolute atomic E-state index is 0.187. The predicted molar refractivity (Wildman–Crippen MR) is 86.1 cm³/mol. The molecular formula is C16H26N4O2. The molecule has 1 aromatic rings. The van der Waals surface area contributed by atoms with Crippen molar-refractivity contribution in [2.45, 2.75) is 38.1 Å². The van der Waals surface area contributed by atoms with E-state index < -0.39 is 0 Å². The first kappa shape index (κ1) is 15.5. The molecule has 0 amide bonds. The SMILES string of the molecule is OCC1CCCCN1c1cc(NCC2CCOCC2)ncn1. The largest absolute Gasteiger partial charge is 0.394 e. The van der Waals surface area contributed by atoms with Crippen molar-refractivity contribution in [3.8, 4) is 0 Å². The zero-order chi connectivity index (χ0) is 15.2. The first-order valence-electron chi connectivity index (χ1n) is 8.38. The molecule has 122 valence electrons. The Labute approximate surface area is 131 Å². The fourth-order valence-electron chi connectivity index (χ4n) is 3.29. The van der Waals surface area contributed by atoms with Gasteiger partial charge in [-0.15, -0.1) is 0 Å². The van der Waals surface area contributed by atoms with Crippen LogP contribution in [0.25, 0.3) is 0 Å². The number of aromatic nitrogens is 2. The summed E-state index contributed by atoms with van der Waals surface area (Å²) >= 11 is 0. The number of hydrogen-bond acceptors (Lipinski definition) is 6. The lowest BCUT2D eigenvalue weighted by atomic mass is 10.0. The van der Waals surface area contributed by atoms with E-state index in [4.69, 9.17) is 4.74 Å². The number of aliphatic hydroxyl groups excluding tert-OH is 1. The Hall–Kier alpha value is -1.40. The summed E-state index contributed by atoms with van der Waals surface area (Å²) in [5, 5.41) is 13.0.